The second-order valence-electron chi connectivity index (χ2n) is 6.39. The average Bonchev–Trinajstić information content (AvgIpc) is 2.45. The van der Waals surface area contributed by atoms with Crippen molar-refractivity contribution < 1.29 is 41.7 Å². The van der Waals surface area contributed by atoms with Crippen LogP contribution < -0.4 is 15.2 Å². The van der Waals surface area contributed by atoms with Crippen LogP contribution in [-0.4, -0.2) is 51.0 Å². The van der Waals surface area contributed by atoms with Crippen LogP contribution in [0, 0.1) is 0 Å². The third-order valence-corrected chi connectivity index (χ3v) is 2.64. The SMILES string of the molecule is CC(C)(C)OC(=O)COCCOCCOc1cc(N)cc(OC(F)(F)F)c1. The number of halogens is 3. The maximum Gasteiger partial charge on any atom is 0.573 e. The molecule has 0 fully saturated rings. The smallest absolute Gasteiger partial charge is 0.491 e. The van der Waals surface area contributed by atoms with Gasteiger partial charge in [-0.2, -0.15) is 0 Å². The van der Waals surface area contributed by atoms with Gasteiger partial charge in [-0.25, -0.2) is 4.79 Å². The largest absolute Gasteiger partial charge is 0.573 e. The Bertz CT molecular complexity index is 601. The highest BCUT2D eigenvalue weighted by Gasteiger charge is 2.31. The van der Waals surface area contributed by atoms with Crippen molar-refractivity contribution in [3.05, 3.63) is 18.2 Å². The standard InChI is InChI=1S/C17H24F3NO6/c1-16(2,3)27-15(22)11-24-5-4-23-6-7-25-13-8-12(21)9-14(10-13)26-17(18,19)20/h8-10H,4-7,11,21H2,1-3H3. The molecular weight excluding hydrogens is 371 g/mol. The van der Waals surface area contributed by atoms with E-state index in [1.54, 1.807) is 20.8 Å². The molecule has 2 N–H and O–H groups in total. The van der Waals surface area contributed by atoms with E-state index in [0.717, 1.165) is 12.1 Å². The average molecular weight is 395 g/mol. The number of anilines is 1. The van der Waals surface area contributed by atoms with Crippen molar-refractivity contribution in [2.24, 2.45) is 0 Å². The molecular formula is C17H24F3NO6. The lowest BCUT2D eigenvalue weighted by atomic mass is 10.2. The summed E-state index contributed by atoms with van der Waals surface area (Å²) in [5.74, 6) is -0.808. The summed E-state index contributed by atoms with van der Waals surface area (Å²) in [6.45, 7) is 5.74. The highest BCUT2D eigenvalue weighted by Crippen LogP contribution is 2.29. The zero-order valence-corrected chi connectivity index (χ0v) is 15.4. The van der Waals surface area contributed by atoms with Gasteiger partial charge in [0.05, 0.1) is 19.8 Å². The van der Waals surface area contributed by atoms with Gasteiger partial charge in [-0.15, -0.1) is 13.2 Å². The minimum absolute atomic E-state index is 0.0724. The maximum absolute atomic E-state index is 12.2. The van der Waals surface area contributed by atoms with Gasteiger partial charge in [-0.3, -0.25) is 0 Å². The Balaban J connectivity index is 2.19. The van der Waals surface area contributed by atoms with Gasteiger partial charge in [-0.05, 0) is 20.8 Å². The molecule has 0 aliphatic carbocycles. The van der Waals surface area contributed by atoms with E-state index < -0.39 is 23.7 Å². The number of nitrogen functional groups attached to an aromatic ring is 1. The van der Waals surface area contributed by atoms with Crippen LogP contribution >= 0.6 is 0 Å². The fourth-order valence-electron chi connectivity index (χ4n) is 1.83. The van der Waals surface area contributed by atoms with Crippen molar-refractivity contribution in [3.63, 3.8) is 0 Å². The zero-order valence-electron chi connectivity index (χ0n) is 15.4. The minimum Gasteiger partial charge on any atom is -0.491 e. The highest BCUT2D eigenvalue weighted by molar-refractivity contribution is 5.71. The van der Waals surface area contributed by atoms with Crippen LogP contribution in [-0.2, 0) is 19.0 Å². The molecule has 10 heteroatoms. The minimum atomic E-state index is -4.81. The molecule has 0 aliphatic rings. The molecule has 27 heavy (non-hydrogen) atoms. The van der Waals surface area contributed by atoms with Crippen molar-refractivity contribution >= 4 is 11.7 Å². The van der Waals surface area contributed by atoms with Gasteiger partial charge in [0, 0.05) is 23.9 Å². The fourth-order valence-corrected chi connectivity index (χ4v) is 1.83. The van der Waals surface area contributed by atoms with E-state index in [0.29, 0.717) is 0 Å². The third-order valence-electron chi connectivity index (χ3n) is 2.64. The van der Waals surface area contributed by atoms with Gasteiger partial charge in [0.1, 0.15) is 30.3 Å². The van der Waals surface area contributed by atoms with Crippen LogP contribution in [0.4, 0.5) is 18.9 Å². The predicted molar refractivity (Wildman–Crippen MR) is 90.5 cm³/mol. The Hall–Kier alpha value is -2.20. The first-order valence-corrected chi connectivity index (χ1v) is 8.11. The molecule has 0 heterocycles. The van der Waals surface area contributed by atoms with E-state index in [4.69, 9.17) is 24.7 Å². The van der Waals surface area contributed by atoms with E-state index in [-0.39, 0.29) is 44.5 Å². The summed E-state index contributed by atoms with van der Waals surface area (Å²) in [4.78, 5) is 11.4. The normalized spacial score (nSPS) is 11.9. The van der Waals surface area contributed by atoms with E-state index in [2.05, 4.69) is 4.74 Å². The second kappa shape index (κ2) is 10.2. The molecule has 1 aromatic carbocycles. The molecule has 0 saturated carbocycles. The molecule has 0 amide bonds. The van der Waals surface area contributed by atoms with Crippen molar-refractivity contribution in [2.45, 2.75) is 32.7 Å². The molecule has 0 bridgehead atoms. The van der Waals surface area contributed by atoms with Gasteiger partial charge < -0.3 is 29.4 Å². The monoisotopic (exact) mass is 395 g/mol. The number of hydrogen-bond acceptors (Lipinski definition) is 7. The molecule has 0 atom stereocenters. The van der Waals surface area contributed by atoms with E-state index in [9.17, 15) is 18.0 Å². The molecule has 0 spiro atoms. The molecule has 1 aromatic rings. The number of benzene rings is 1. The molecule has 0 aromatic heterocycles. The number of esters is 1. The maximum atomic E-state index is 12.2. The first-order chi connectivity index (χ1) is 12.4. The van der Waals surface area contributed by atoms with Crippen molar-refractivity contribution in [1.29, 1.82) is 0 Å². The van der Waals surface area contributed by atoms with Crippen molar-refractivity contribution in [2.75, 3.05) is 38.8 Å². The van der Waals surface area contributed by atoms with Crippen LogP contribution in [0.5, 0.6) is 11.5 Å². The fraction of sp³-hybridized carbons (Fsp3) is 0.588. The van der Waals surface area contributed by atoms with Crippen LogP contribution in [0.2, 0.25) is 0 Å². The van der Waals surface area contributed by atoms with Crippen molar-refractivity contribution in [3.8, 4) is 11.5 Å². The van der Waals surface area contributed by atoms with Gasteiger partial charge >= 0.3 is 12.3 Å². The number of hydrogen-bond donors (Lipinski definition) is 1. The second-order valence-corrected chi connectivity index (χ2v) is 6.39. The summed E-state index contributed by atoms with van der Waals surface area (Å²) in [6.07, 6.45) is -4.81. The lowest BCUT2D eigenvalue weighted by molar-refractivity contribution is -0.274. The van der Waals surface area contributed by atoms with Crippen LogP contribution in [0.25, 0.3) is 0 Å². The number of carbonyl (C=O) groups is 1. The molecule has 0 unspecified atom stereocenters. The number of carbonyl (C=O) groups excluding carboxylic acids is 1. The molecule has 0 aliphatic heterocycles. The number of rotatable bonds is 10. The van der Waals surface area contributed by atoms with E-state index in [1.807, 2.05) is 0 Å². The Kier molecular flexibility index (Phi) is 8.64. The van der Waals surface area contributed by atoms with E-state index >= 15 is 0 Å². The number of ether oxygens (including phenoxy) is 5. The molecule has 1 rings (SSSR count). The summed E-state index contributed by atoms with van der Waals surface area (Å²) < 4.78 is 61.2. The molecule has 154 valence electrons. The van der Waals surface area contributed by atoms with E-state index in [1.165, 1.54) is 6.07 Å². The zero-order chi connectivity index (χ0) is 20.5. The summed E-state index contributed by atoms with van der Waals surface area (Å²) in [7, 11) is 0. The Morgan fingerprint density at radius 1 is 0.963 bits per heavy atom. The predicted octanol–water partition coefficient (Wildman–Crippen LogP) is 2.92. The number of alkyl halides is 3. The molecule has 7 nitrogen and oxygen atoms in total. The lowest BCUT2D eigenvalue weighted by Gasteiger charge is -2.19. The Morgan fingerprint density at radius 3 is 2.19 bits per heavy atom. The van der Waals surface area contributed by atoms with Gasteiger partial charge in [0.15, 0.2) is 0 Å². The summed E-state index contributed by atoms with van der Waals surface area (Å²) in [6, 6.07) is 3.49. The van der Waals surface area contributed by atoms with Gasteiger partial charge in [0.2, 0.25) is 0 Å². The summed E-state index contributed by atoms with van der Waals surface area (Å²) in [5, 5.41) is 0. The number of nitrogens with two attached hydrogens (primary N) is 1. The van der Waals surface area contributed by atoms with Crippen LogP contribution in [0.3, 0.4) is 0 Å². The van der Waals surface area contributed by atoms with Crippen LogP contribution in [0.1, 0.15) is 20.8 Å². The van der Waals surface area contributed by atoms with Gasteiger partial charge in [0.25, 0.3) is 0 Å². The first kappa shape index (κ1) is 22.8. The van der Waals surface area contributed by atoms with Crippen molar-refractivity contribution in [1.82, 2.24) is 0 Å². The topological polar surface area (TPSA) is 89.2 Å². The Morgan fingerprint density at radius 2 is 1.56 bits per heavy atom. The third kappa shape index (κ3) is 11.9. The summed E-state index contributed by atoms with van der Waals surface area (Å²) in [5.41, 5.74) is 5.02. The Labute approximate surface area is 155 Å². The van der Waals surface area contributed by atoms with Crippen LogP contribution in [0.15, 0.2) is 18.2 Å². The van der Waals surface area contributed by atoms with Gasteiger partial charge in [-0.1, -0.05) is 0 Å². The molecule has 0 radical (unpaired) electrons. The molecule has 0 saturated heterocycles. The highest BCUT2D eigenvalue weighted by atomic mass is 19.4. The lowest BCUT2D eigenvalue weighted by Crippen LogP contribution is -2.27. The quantitative estimate of drug-likeness (QED) is 0.370. The first-order valence-electron chi connectivity index (χ1n) is 8.11. The summed E-state index contributed by atoms with van der Waals surface area (Å²) >= 11 is 0.